The van der Waals surface area contributed by atoms with Crippen LogP contribution in [0.25, 0.3) is 0 Å². The van der Waals surface area contributed by atoms with Gasteiger partial charge in [0.15, 0.2) is 23.3 Å². The van der Waals surface area contributed by atoms with Gasteiger partial charge < -0.3 is 10.1 Å². The van der Waals surface area contributed by atoms with Gasteiger partial charge in [0.05, 0.1) is 6.04 Å². The summed E-state index contributed by atoms with van der Waals surface area (Å²) in [6, 6.07) is -0.846. The highest BCUT2D eigenvalue weighted by molar-refractivity contribution is 5.94. The molecule has 1 atom stereocenters. The van der Waals surface area contributed by atoms with Gasteiger partial charge in [0.2, 0.25) is 11.7 Å². The second-order valence-electron chi connectivity index (χ2n) is 4.94. The van der Waals surface area contributed by atoms with Crippen LogP contribution in [-0.4, -0.2) is 44.2 Å². The Morgan fingerprint density at radius 1 is 1.09 bits per heavy atom. The van der Waals surface area contributed by atoms with Crippen molar-refractivity contribution in [3.63, 3.8) is 0 Å². The minimum Gasteiger partial charge on any atom is -0.385 e. The van der Waals surface area contributed by atoms with Crippen LogP contribution >= 0.6 is 0 Å². The Kier molecular flexibility index (Phi) is 6.89. The highest BCUT2D eigenvalue weighted by Crippen LogP contribution is 2.27. The number of halogens is 5. The molecule has 4 nitrogen and oxygen atoms in total. The summed E-state index contributed by atoms with van der Waals surface area (Å²) < 4.78 is 71.0. The minimum atomic E-state index is -2.28. The molecule has 0 bridgehead atoms. The van der Waals surface area contributed by atoms with E-state index in [-0.39, 0.29) is 0 Å². The van der Waals surface area contributed by atoms with Gasteiger partial charge in [0.1, 0.15) is 5.69 Å². The van der Waals surface area contributed by atoms with Crippen molar-refractivity contribution in [3.8, 4) is 0 Å². The zero-order valence-corrected chi connectivity index (χ0v) is 12.9. The average Bonchev–Trinajstić information content (AvgIpc) is 2.54. The number of amides is 1. The number of rotatable bonds is 7. The molecule has 0 fully saturated rings. The molecule has 9 heteroatoms. The molecule has 1 aromatic rings. The van der Waals surface area contributed by atoms with Crippen LogP contribution in [-0.2, 0) is 9.53 Å². The fourth-order valence-electron chi connectivity index (χ4n) is 1.79. The molecular weight excluding hydrogens is 323 g/mol. The van der Waals surface area contributed by atoms with Gasteiger partial charge in [0, 0.05) is 20.3 Å². The van der Waals surface area contributed by atoms with Gasteiger partial charge >= 0.3 is 0 Å². The highest BCUT2D eigenvalue weighted by Gasteiger charge is 2.28. The molecular formula is C14H17F5N2O2. The molecule has 130 valence electrons. The Bertz CT molecular complexity index is 554. The number of methoxy groups -OCH3 is 1. The summed E-state index contributed by atoms with van der Waals surface area (Å²) in [5.41, 5.74) is -1.36. The zero-order chi connectivity index (χ0) is 17.7. The summed E-state index contributed by atoms with van der Waals surface area (Å²) >= 11 is 0. The summed E-state index contributed by atoms with van der Waals surface area (Å²) in [6.45, 7) is 2.34. The van der Waals surface area contributed by atoms with Crippen LogP contribution in [0.2, 0.25) is 0 Å². The Morgan fingerprint density at radius 3 is 2.04 bits per heavy atom. The predicted molar refractivity (Wildman–Crippen MR) is 73.4 cm³/mol. The maximum absolute atomic E-state index is 13.5. The Labute approximate surface area is 130 Å². The summed E-state index contributed by atoms with van der Waals surface area (Å²) in [4.78, 5) is 13.5. The molecule has 0 saturated heterocycles. The Morgan fingerprint density at radius 2 is 1.57 bits per heavy atom. The molecule has 0 aliphatic carbocycles. The lowest BCUT2D eigenvalue weighted by atomic mass is 10.2. The number of hydrogen-bond acceptors (Lipinski definition) is 3. The van der Waals surface area contributed by atoms with Crippen molar-refractivity contribution in [3.05, 3.63) is 29.1 Å². The number of anilines is 1. The van der Waals surface area contributed by atoms with Crippen LogP contribution in [0.4, 0.5) is 27.6 Å². The third-order valence-electron chi connectivity index (χ3n) is 3.36. The summed E-state index contributed by atoms with van der Waals surface area (Å²) in [6.07, 6.45) is 0.604. The lowest BCUT2D eigenvalue weighted by Crippen LogP contribution is -2.40. The van der Waals surface area contributed by atoms with Gasteiger partial charge in [-0.3, -0.25) is 9.69 Å². The first-order chi connectivity index (χ1) is 10.7. The molecule has 0 aromatic heterocycles. The fraction of sp³-hybridized carbons (Fsp3) is 0.500. The molecule has 23 heavy (non-hydrogen) atoms. The van der Waals surface area contributed by atoms with Crippen LogP contribution in [0.15, 0.2) is 0 Å². The lowest BCUT2D eigenvalue weighted by Gasteiger charge is -2.24. The van der Waals surface area contributed by atoms with E-state index in [4.69, 9.17) is 4.74 Å². The first-order valence-electron chi connectivity index (χ1n) is 6.73. The average molecular weight is 340 g/mol. The first-order valence-corrected chi connectivity index (χ1v) is 6.73. The third kappa shape index (κ3) is 4.38. The summed E-state index contributed by atoms with van der Waals surface area (Å²) in [5.74, 6) is -11.6. The van der Waals surface area contributed by atoms with Gasteiger partial charge in [-0.2, -0.15) is 0 Å². The molecule has 0 spiro atoms. The maximum Gasteiger partial charge on any atom is 0.241 e. The molecule has 1 amide bonds. The van der Waals surface area contributed by atoms with E-state index in [1.807, 2.05) is 0 Å². The van der Waals surface area contributed by atoms with Crippen molar-refractivity contribution in [2.45, 2.75) is 19.4 Å². The normalized spacial score (nSPS) is 12.6. The number of benzene rings is 1. The monoisotopic (exact) mass is 340 g/mol. The number of hydrogen-bond donors (Lipinski definition) is 1. The number of carbonyl (C=O) groups is 1. The second kappa shape index (κ2) is 8.21. The van der Waals surface area contributed by atoms with E-state index in [0.29, 0.717) is 19.6 Å². The summed E-state index contributed by atoms with van der Waals surface area (Å²) in [7, 11) is 3.10. The number of likely N-dealkylation sites (N-methyl/N-ethyl adjacent to an activating group) is 1. The minimum absolute atomic E-state index is 0.444. The summed E-state index contributed by atoms with van der Waals surface area (Å²) in [5, 5.41) is 1.75. The smallest absolute Gasteiger partial charge is 0.241 e. The topological polar surface area (TPSA) is 41.6 Å². The largest absolute Gasteiger partial charge is 0.385 e. The third-order valence-corrected chi connectivity index (χ3v) is 3.36. The quantitative estimate of drug-likeness (QED) is 0.359. The van der Waals surface area contributed by atoms with E-state index in [0.717, 1.165) is 0 Å². The molecule has 1 aromatic carbocycles. The van der Waals surface area contributed by atoms with E-state index in [2.05, 4.69) is 0 Å². The van der Waals surface area contributed by atoms with Crippen molar-refractivity contribution in [1.82, 2.24) is 4.90 Å². The van der Waals surface area contributed by atoms with Gasteiger partial charge in [-0.1, -0.05) is 0 Å². The van der Waals surface area contributed by atoms with Crippen molar-refractivity contribution >= 4 is 11.6 Å². The molecule has 0 aliphatic heterocycles. The van der Waals surface area contributed by atoms with E-state index in [1.54, 1.807) is 17.3 Å². The van der Waals surface area contributed by atoms with Crippen LogP contribution in [0, 0.1) is 29.1 Å². The van der Waals surface area contributed by atoms with Crippen LogP contribution in [0.1, 0.15) is 13.3 Å². The van der Waals surface area contributed by atoms with Gasteiger partial charge in [0.25, 0.3) is 0 Å². The highest BCUT2D eigenvalue weighted by atomic mass is 19.2. The molecule has 1 N–H and O–H groups in total. The number of nitrogens with one attached hydrogen (secondary N) is 1. The SMILES string of the molecule is COCCCN(C)C(C)C(=O)Nc1c(F)c(F)c(F)c(F)c1F. The van der Waals surface area contributed by atoms with Gasteiger partial charge in [-0.05, 0) is 20.4 Å². The zero-order valence-electron chi connectivity index (χ0n) is 12.9. The molecule has 0 aliphatic rings. The van der Waals surface area contributed by atoms with Crippen molar-refractivity contribution in [2.24, 2.45) is 0 Å². The second-order valence-corrected chi connectivity index (χ2v) is 4.94. The fourth-order valence-corrected chi connectivity index (χ4v) is 1.79. The Balaban J connectivity index is 2.89. The van der Waals surface area contributed by atoms with E-state index in [1.165, 1.54) is 14.0 Å². The van der Waals surface area contributed by atoms with Gasteiger partial charge in [-0.15, -0.1) is 0 Å². The van der Waals surface area contributed by atoms with Crippen LogP contribution in [0.3, 0.4) is 0 Å². The van der Waals surface area contributed by atoms with Crippen molar-refractivity contribution in [1.29, 1.82) is 0 Å². The van der Waals surface area contributed by atoms with Gasteiger partial charge in [-0.25, -0.2) is 22.0 Å². The molecule has 0 heterocycles. The number of ether oxygens (including phenoxy) is 1. The van der Waals surface area contributed by atoms with Crippen molar-refractivity contribution in [2.75, 3.05) is 32.6 Å². The molecule has 1 rings (SSSR count). The molecule has 0 saturated carbocycles. The standard InChI is InChI=1S/C14H17F5N2O2/c1-7(21(2)5-4-6-23-3)14(22)20-13-11(18)9(16)8(15)10(17)12(13)19/h7H,4-6H2,1-3H3,(H,20,22). The molecule has 0 radical (unpaired) electrons. The number of carbonyl (C=O) groups excluding carboxylic acids is 1. The predicted octanol–water partition coefficient (Wildman–Crippen LogP) is 2.68. The lowest BCUT2D eigenvalue weighted by molar-refractivity contribution is -0.120. The first kappa shape index (κ1) is 19.3. The maximum atomic E-state index is 13.5. The van der Waals surface area contributed by atoms with E-state index >= 15 is 0 Å². The van der Waals surface area contributed by atoms with E-state index < -0.39 is 46.7 Å². The van der Waals surface area contributed by atoms with Crippen LogP contribution in [0.5, 0.6) is 0 Å². The van der Waals surface area contributed by atoms with E-state index in [9.17, 15) is 26.7 Å². The van der Waals surface area contributed by atoms with Crippen LogP contribution < -0.4 is 5.32 Å². The van der Waals surface area contributed by atoms with Crippen molar-refractivity contribution < 1.29 is 31.5 Å². The number of nitrogens with zero attached hydrogens (tertiary/aromatic N) is 1. The molecule has 1 unspecified atom stereocenters. The Hall–Kier alpha value is -1.74.